The predicted molar refractivity (Wildman–Crippen MR) is 392 cm³/mol. The van der Waals surface area contributed by atoms with E-state index in [2.05, 4.69) is 24.5 Å². The molecule has 564 valence electrons. The summed E-state index contributed by atoms with van der Waals surface area (Å²) < 4.78 is 36.6. The molecule has 0 radical (unpaired) electrons. The lowest BCUT2D eigenvalue weighted by molar-refractivity contribution is -0.303. The minimum atomic E-state index is -1.58. The van der Waals surface area contributed by atoms with Crippen LogP contribution in [-0.2, 0) is 66.8 Å². The van der Waals surface area contributed by atoms with Crippen LogP contribution in [0.5, 0.6) is 0 Å². The molecule has 6 N–H and O–H groups in total. The molecule has 2 saturated heterocycles. The highest BCUT2D eigenvalue weighted by molar-refractivity contribution is 5.92. The van der Waals surface area contributed by atoms with Crippen molar-refractivity contribution in [3.63, 3.8) is 0 Å². The maximum absolute atomic E-state index is 15.1. The molecule has 2 heterocycles. The third-order valence-electron chi connectivity index (χ3n) is 26.4. The molecule has 2 aliphatic heterocycles. The van der Waals surface area contributed by atoms with Gasteiger partial charge in [-0.2, -0.15) is 0 Å². The number of rotatable bonds is 16. The Hall–Kier alpha value is -7.72. The average Bonchev–Trinajstić information content (AvgIpc) is 0.680. The van der Waals surface area contributed by atoms with E-state index in [1.54, 1.807) is 13.8 Å². The Kier molecular flexibility index (Phi) is 23.7. The first-order valence-electron chi connectivity index (χ1n) is 36.7. The second kappa shape index (κ2) is 30.6. The van der Waals surface area contributed by atoms with Gasteiger partial charge in [0.05, 0.1) is 65.6 Å². The minimum absolute atomic E-state index is 0.0532. The topological polar surface area (TPSA) is 297 Å². The lowest BCUT2D eigenvalue weighted by Gasteiger charge is -2.69. The Bertz CT molecular complexity index is 3840. The van der Waals surface area contributed by atoms with Crippen molar-refractivity contribution in [2.24, 2.45) is 68.0 Å². The SMILES string of the molecule is C=O.C=O.CCC(=O)O[C@@H](C(=O)O[C@H]1C[C@@]2(O)[C@@H](C)[C@@H]3[C@]4(C)CO[C@@H]4C[C@H](O)[C@@]3(C)C(=O)[C@H](C)C(=C1C)C2(C)C)[C@@H](Nc1ccccc1)c1ccccc1.CCC(=O)O[C@H]1C[C@H]2OC[C@@]2(C)[C@H]2[C@H](C)[C@]3(O)C[C@H](OC(=O)[C@H](O)[C@@H](Nc4ccccc4)c4ccccc4)C(C)=C([C@@H](C)C(=O)[C@]12C)C3(C)C. The lowest BCUT2D eigenvalue weighted by Crippen LogP contribution is -2.74. The Balaban J connectivity index is 0.000000230. The van der Waals surface area contributed by atoms with Gasteiger partial charge in [0, 0.05) is 83.4 Å². The summed E-state index contributed by atoms with van der Waals surface area (Å²) in [6.07, 6.45) is -5.65. The van der Waals surface area contributed by atoms with E-state index in [0.717, 1.165) is 22.5 Å². The van der Waals surface area contributed by atoms with Crippen molar-refractivity contribution in [2.45, 2.75) is 221 Å². The van der Waals surface area contributed by atoms with Gasteiger partial charge in [0.25, 0.3) is 0 Å². The maximum atomic E-state index is 15.1. The van der Waals surface area contributed by atoms with Gasteiger partial charge in [-0.05, 0) is 109 Å². The molecule has 8 aliphatic rings. The fraction of sp³-hybridized carbons (Fsp3) is 0.571. The number of carbonyl (C=O) groups excluding carboxylic acids is 8. The lowest BCUT2D eigenvalue weighted by atomic mass is 9.40. The van der Waals surface area contributed by atoms with Crippen molar-refractivity contribution in [3.05, 3.63) is 155 Å². The number of carbonyl (C=O) groups is 8. The van der Waals surface area contributed by atoms with Crippen LogP contribution >= 0.6 is 0 Å². The molecular formula is C84H110N2O18. The number of para-hydroxylation sites is 2. The van der Waals surface area contributed by atoms with E-state index in [0.29, 0.717) is 48.3 Å². The van der Waals surface area contributed by atoms with E-state index >= 15 is 4.79 Å². The molecule has 4 saturated carbocycles. The maximum Gasteiger partial charge on any atom is 0.350 e. The fourth-order valence-electron chi connectivity index (χ4n) is 21.0. The number of esters is 4. The number of anilines is 2. The zero-order valence-electron chi connectivity index (χ0n) is 63.4. The van der Waals surface area contributed by atoms with E-state index in [-0.39, 0.29) is 55.4 Å². The molecule has 0 aromatic heterocycles. The van der Waals surface area contributed by atoms with Crippen LogP contribution in [0.4, 0.5) is 11.4 Å². The molecule has 4 aromatic carbocycles. The number of fused-ring (bicyclic) bond motifs is 10. The van der Waals surface area contributed by atoms with Crippen LogP contribution in [0.2, 0.25) is 0 Å². The van der Waals surface area contributed by atoms with Gasteiger partial charge in [-0.15, -0.1) is 0 Å². The van der Waals surface area contributed by atoms with Crippen molar-refractivity contribution < 1.29 is 87.2 Å². The van der Waals surface area contributed by atoms with Crippen LogP contribution in [0.3, 0.4) is 0 Å². The van der Waals surface area contributed by atoms with Crippen molar-refractivity contribution in [3.8, 4) is 0 Å². The van der Waals surface area contributed by atoms with Crippen LogP contribution in [0, 0.1) is 68.0 Å². The van der Waals surface area contributed by atoms with Gasteiger partial charge in [0.1, 0.15) is 43.5 Å². The molecule has 0 spiro atoms. The molecule has 12 rings (SSSR count). The molecular weight excluding hydrogens is 1320 g/mol. The average molecular weight is 1440 g/mol. The minimum Gasteiger partial charge on any atom is -0.461 e. The molecule has 20 heteroatoms. The first-order valence-corrected chi connectivity index (χ1v) is 36.7. The highest BCUT2D eigenvalue weighted by Crippen LogP contribution is 2.70. The third kappa shape index (κ3) is 13.3. The molecule has 6 fully saturated rings. The number of aliphatic hydroxyl groups is 4. The number of hydrogen-bond donors (Lipinski definition) is 6. The standard InChI is InChI=1S/2C41H53NO8.2CH2O/c1-9-31(44)50-34(33(26-16-12-10-13-17-26)42-27-18-14-11-15-19-27)37(46)49-28-21-41(47)25(4)35-39(7)22-48-30(39)20-29(43)40(35,8)36(45)24(3)32(23(28)2)38(41,5)6;1-9-31(43)50-30-20-29-39(7,22-48-29)35-25(4)41(47)21-28(23(2)32(38(41,5)6)24(3)36(45)40(30,35)8)49-37(46)34(44)33(26-16-12-10-13-17-26)42-27-18-14-11-15-19-27;2*1-2/h10-19,24-25,28-30,33-35,42-43,47H,9,20-22H2,1-8H3;10-19,24-25,28-30,33-35,42,44,47H,9,20-22H2,1-8H3;2*1H2/t24-,25+,28+,29+,30-,33+,34-,35-,39-,40-,41-;24-,25+,28+,29-,30+,33+,34-,35-,39-,40-,41-;;/m11../s1. The van der Waals surface area contributed by atoms with E-state index in [9.17, 15) is 44.4 Å². The fourth-order valence-corrected chi connectivity index (χ4v) is 21.0. The van der Waals surface area contributed by atoms with Crippen molar-refractivity contribution in [2.75, 3.05) is 23.8 Å². The molecule has 0 amide bonds. The molecule has 4 aromatic rings. The molecule has 20 nitrogen and oxygen atoms in total. The van der Waals surface area contributed by atoms with Crippen LogP contribution in [0.15, 0.2) is 144 Å². The smallest absolute Gasteiger partial charge is 0.350 e. The van der Waals surface area contributed by atoms with E-state index in [1.807, 2.05) is 218 Å². The van der Waals surface area contributed by atoms with Gasteiger partial charge < -0.3 is 69.1 Å². The summed E-state index contributed by atoms with van der Waals surface area (Å²) in [5.41, 5.74) is -2.02. The Morgan fingerprint density at radius 3 is 1.33 bits per heavy atom. The zero-order valence-corrected chi connectivity index (χ0v) is 63.4. The van der Waals surface area contributed by atoms with Gasteiger partial charge in [-0.25, -0.2) is 9.59 Å². The number of benzene rings is 4. The number of hydrogen-bond acceptors (Lipinski definition) is 20. The first kappa shape index (κ1) is 80.4. The van der Waals surface area contributed by atoms with Gasteiger partial charge in [-0.1, -0.05) is 180 Å². The number of nitrogens with one attached hydrogen (secondary N) is 2. The van der Waals surface area contributed by atoms with Crippen molar-refractivity contribution >= 4 is 60.4 Å². The Morgan fingerprint density at radius 1 is 0.538 bits per heavy atom. The monoisotopic (exact) mass is 1430 g/mol. The first-order chi connectivity index (χ1) is 49.0. The summed E-state index contributed by atoms with van der Waals surface area (Å²) in [6.45, 7) is 35.6. The highest BCUT2D eigenvalue weighted by Gasteiger charge is 2.75. The third-order valence-corrected chi connectivity index (χ3v) is 26.4. The van der Waals surface area contributed by atoms with Crippen LogP contribution in [0.25, 0.3) is 0 Å². The van der Waals surface area contributed by atoms with Crippen molar-refractivity contribution in [1.82, 2.24) is 0 Å². The second-order valence-electron chi connectivity index (χ2n) is 32.3. The number of ketones is 2. The van der Waals surface area contributed by atoms with Gasteiger partial charge in [0.15, 0.2) is 6.10 Å². The Labute approximate surface area is 612 Å². The number of ether oxygens (including phenoxy) is 6. The molecule has 104 heavy (non-hydrogen) atoms. The van der Waals surface area contributed by atoms with Crippen LogP contribution < -0.4 is 10.6 Å². The molecule has 6 aliphatic carbocycles. The zero-order chi connectivity index (χ0) is 76.8. The number of Topliss-reactive ketones (excluding diaryl/α,β-unsaturated/α-hetero) is 2. The summed E-state index contributed by atoms with van der Waals surface area (Å²) in [6, 6.07) is 35.7. The van der Waals surface area contributed by atoms with Gasteiger partial charge >= 0.3 is 23.9 Å². The van der Waals surface area contributed by atoms with Gasteiger partial charge in [0.2, 0.25) is 6.10 Å². The normalized spacial score (nSPS) is 35.8. The van der Waals surface area contributed by atoms with E-state index < -0.39 is 146 Å². The number of aliphatic hydroxyl groups excluding tert-OH is 2. The molecule has 22 atom stereocenters. The Morgan fingerprint density at radius 2 is 0.913 bits per heavy atom. The summed E-state index contributed by atoms with van der Waals surface area (Å²) in [7, 11) is 0. The summed E-state index contributed by atoms with van der Waals surface area (Å²) >= 11 is 0. The van der Waals surface area contributed by atoms with Crippen molar-refractivity contribution in [1.29, 1.82) is 0 Å². The van der Waals surface area contributed by atoms with Crippen LogP contribution in [0.1, 0.15) is 173 Å². The van der Waals surface area contributed by atoms with E-state index in [4.69, 9.17) is 38.0 Å². The molecule has 4 bridgehead atoms. The highest BCUT2D eigenvalue weighted by atomic mass is 16.6. The summed E-state index contributed by atoms with van der Waals surface area (Å²) in [5.74, 6) is -5.77. The second-order valence-corrected chi connectivity index (χ2v) is 32.3. The largest absolute Gasteiger partial charge is 0.461 e. The quantitative estimate of drug-likeness (QED) is 0.0345. The van der Waals surface area contributed by atoms with Gasteiger partial charge in [-0.3, -0.25) is 19.2 Å². The summed E-state index contributed by atoms with van der Waals surface area (Å²) in [4.78, 5) is 100.0. The summed E-state index contributed by atoms with van der Waals surface area (Å²) in [5, 5.41) is 56.2. The predicted octanol–water partition coefficient (Wildman–Crippen LogP) is 12.0. The molecule has 0 unspecified atom stereocenters. The van der Waals surface area contributed by atoms with Crippen LogP contribution in [-0.4, -0.2) is 143 Å². The van der Waals surface area contributed by atoms with E-state index in [1.165, 1.54) is 0 Å².